The Morgan fingerprint density at radius 1 is 1.44 bits per heavy atom. The number of ketones is 1. The molecule has 0 amide bonds. The van der Waals surface area contributed by atoms with E-state index in [1.807, 2.05) is 6.92 Å². The molecule has 1 aromatic carbocycles. The third-order valence-electron chi connectivity index (χ3n) is 2.05. The molecule has 0 radical (unpaired) electrons. The Balaban J connectivity index is 2.55. The molecule has 0 unspecified atom stereocenters. The Morgan fingerprint density at radius 3 is 2.88 bits per heavy atom. The molecule has 0 atom stereocenters. The lowest BCUT2D eigenvalue weighted by atomic mass is 10.1. The first-order valence-corrected chi connectivity index (χ1v) is 5.59. The van der Waals surface area contributed by atoms with E-state index in [1.165, 1.54) is 12.1 Å². The van der Waals surface area contributed by atoms with Gasteiger partial charge < -0.3 is 4.74 Å². The highest BCUT2D eigenvalue weighted by molar-refractivity contribution is 6.33. The monoisotopic (exact) mass is 244 g/mol. The zero-order valence-corrected chi connectivity index (χ0v) is 9.89. The summed E-state index contributed by atoms with van der Waals surface area (Å²) in [6, 6.07) is 3.77. The van der Waals surface area contributed by atoms with E-state index < -0.39 is 5.82 Å². The van der Waals surface area contributed by atoms with Gasteiger partial charge in [0.2, 0.25) is 0 Å². The maximum absolute atomic E-state index is 12.9. The minimum Gasteiger partial charge on any atom is -0.381 e. The standard InChI is InChI=1S/C12H14ClFO2/c1-2-6-16-7-5-12(15)10-8-9(14)3-4-11(10)13/h3-4,8H,2,5-7H2,1H3. The summed E-state index contributed by atoms with van der Waals surface area (Å²) >= 11 is 5.80. The first-order valence-electron chi connectivity index (χ1n) is 5.21. The summed E-state index contributed by atoms with van der Waals surface area (Å²) in [5, 5.41) is 0.280. The molecule has 88 valence electrons. The van der Waals surface area contributed by atoms with Crippen molar-refractivity contribution >= 4 is 17.4 Å². The van der Waals surface area contributed by atoms with E-state index in [0.717, 1.165) is 12.5 Å². The van der Waals surface area contributed by atoms with E-state index in [-0.39, 0.29) is 22.8 Å². The van der Waals surface area contributed by atoms with Gasteiger partial charge in [-0.2, -0.15) is 0 Å². The summed E-state index contributed by atoms with van der Waals surface area (Å²) in [5.74, 6) is -0.650. The highest BCUT2D eigenvalue weighted by Gasteiger charge is 2.11. The molecule has 0 aromatic heterocycles. The van der Waals surface area contributed by atoms with Gasteiger partial charge in [-0.3, -0.25) is 4.79 Å². The molecule has 1 aromatic rings. The van der Waals surface area contributed by atoms with Gasteiger partial charge in [0, 0.05) is 18.6 Å². The van der Waals surface area contributed by atoms with Crippen LogP contribution in [0.25, 0.3) is 0 Å². The highest BCUT2D eigenvalue weighted by atomic mass is 35.5. The maximum Gasteiger partial charge on any atom is 0.166 e. The SMILES string of the molecule is CCCOCCC(=O)c1cc(F)ccc1Cl. The number of rotatable bonds is 6. The molecule has 1 rings (SSSR count). The Bertz CT molecular complexity index is 366. The lowest BCUT2D eigenvalue weighted by Gasteiger charge is -2.04. The van der Waals surface area contributed by atoms with Crippen molar-refractivity contribution in [1.82, 2.24) is 0 Å². The molecular weight excluding hydrogens is 231 g/mol. The highest BCUT2D eigenvalue weighted by Crippen LogP contribution is 2.18. The molecule has 0 N–H and O–H groups in total. The lowest BCUT2D eigenvalue weighted by Crippen LogP contribution is -2.06. The van der Waals surface area contributed by atoms with Gasteiger partial charge in [0.25, 0.3) is 0 Å². The number of halogens is 2. The van der Waals surface area contributed by atoms with Gasteiger partial charge >= 0.3 is 0 Å². The number of benzene rings is 1. The van der Waals surface area contributed by atoms with Crippen molar-refractivity contribution < 1.29 is 13.9 Å². The fourth-order valence-corrected chi connectivity index (χ4v) is 1.48. The van der Waals surface area contributed by atoms with E-state index in [0.29, 0.717) is 13.2 Å². The summed E-state index contributed by atoms with van der Waals surface area (Å²) in [6.07, 6.45) is 1.14. The maximum atomic E-state index is 12.9. The largest absolute Gasteiger partial charge is 0.381 e. The Hall–Kier alpha value is -0.930. The molecule has 16 heavy (non-hydrogen) atoms. The van der Waals surface area contributed by atoms with Gasteiger partial charge in [-0.1, -0.05) is 18.5 Å². The number of hydrogen-bond donors (Lipinski definition) is 0. The van der Waals surface area contributed by atoms with E-state index in [2.05, 4.69) is 0 Å². The van der Waals surface area contributed by atoms with Crippen molar-refractivity contribution in [2.45, 2.75) is 19.8 Å². The zero-order chi connectivity index (χ0) is 12.0. The predicted octanol–water partition coefficient (Wildman–Crippen LogP) is 3.48. The quantitative estimate of drug-likeness (QED) is 0.566. The molecule has 0 fully saturated rings. The molecule has 0 saturated heterocycles. The number of Topliss-reactive ketones (excluding diaryl/α,β-unsaturated/α-hetero) is 1. The second-order valence-corrected chi connectivity index (χ2v) is 3.82. The van der Waals surface area contributed by atoms with Crippen LogP contribution in [0.15, 0.2) is 18.2 Å². The van der Waals surface area contributed by atoms with Crippen LogP contribution in [0.1, 0.15) is 30.1 Å². The van der Waals surface area contributed by atoms with E-state index >= 15 is 0 Å². The van der Waals surface area contributed by atoms with Crippen LogP contribution in [0.2, 0.25) is 5.02 Å². The van der Waals surface area contributed by atoms with Gasteiger partial charge in [-0.25, -0.2) is 4.39 Å². The molecule has 0 saturated carbocycles. The van der Waals surface area contributed by atoms with E-state index in [1.54, 1.807) is 0 Å². The molecule has 0 spiro atoms. The second kappa shape index (κ2) is 6.61. The third-order valence-corrected chi connectivity index (χ3v) is 2.38. The fraction of sp³-hybridized carbons (Fsp3) is 0.417. The van der Waals surface area contributed by atoms with Crippen molar-refractivity contribution in [3.8, 4) is 0 Å². The molecule has 2 nitrogen and oxygen atoms in total. The molecule has 0 heterocycles. The van der Waals surface area contributed by atoms with Crippen LogP contribution in [0.5, 0.6) is 0 Å². The summed E-state index contributed by atoms with van der Waals surface area (Å²) in [7, 11) is 0. The van der Waals surface area contributed by atoms with Crippen molar-refractivity contribution in [2.75, 3.05) is 13.2 Å². The average molecular weight is 245 g/mol. The molecule has 0 bridgehead atoms. The first-order chi connectivity index (χ1) is 7.65. The topological polar surface area (TPSA) is 26.3 Å². The van der Waals surface area contributed by atoms with Crippen molar-refractivity contribution in [1.29, 1.82) is 0 Å². The average Bonchev–Trinajstić information content (AvgIpc) is 2.27. The Labute approximate surface area is 99.4 Å². The second-order valence-electron chi connectivity index (χ2n) is 3.41. The van der Waals surface area contributed by atoms with E-state index in [9.17, 15) is 9.18 Å². The number of hydrogen-bond acceptors (Lipinski definition) is 2. The van der Waals surface area contributed by atoms with Crippen LogP contribution in [-0.2, 0) is 4.74 Å². The molecule has 0 aliphatic heterocycles. The van der Waals surface area contributed by atoms with Gasteiger partial charge in [0.1, 0.15) is 5.82 Å². The smallest absolute Gasteiger partial charge is 0.166 e. The van der Waals surface area contributed by atoms with Crippen LogP contribution >= 0.6 is 11.6 Å². The van der Waals surface area contributed by atoms with Crippen LogP contribution < -0.4 is 0 Å². The Kier molecular flexibility index (Phi) is 5.43. The van der Waals surface area contributed by atoms with Gasteiger partial charge in [-0.05, 0) is 24.6 Å². The van der Waals surface area contributed by atoms with Crippen LogP contribution in [0, 0.1) is 5.82 Å². The predicted molar refractivity (Wildman–Crippen MR) is 61.5 cm³/mol. The Morgan fingerprint density at radius 2 is 2.19 bits per heavy atom. The van der Waals surface area contributed by atoms with Crippen LogP contribution in [0.3, 0.4) is 0 Å². The van der Waals surface area contributed by atoms with Gasteiger partial charge in [-0.15, -0.1) is 0 Å². The summed E-state index contributed by atoms with van der Waals surface area (Å²) in [6.45, 7) is 2.97. The molecular formula is C12H14ClFO2. The van der Waals surface area contributed by atoms with E-state index in [4.69, 9.17) is 16.3 Å². The number of carbonyl (C=O) groups excluding carboxylic acids is 1. The van der Waals surface area contributed by atoms with Crippen LogP contribution in [0.4, 0.5) is 4.39 Å². The normalized spacial score (nSPS) is 10.4. The van der Waals surface area contributed by atoms with Gasteiger partial charge in [0.15, 0.2) is 5.78 Å². The fourth-order valence-electron chi connectivity index (χ4n) is 1.26. The lowest BCUT2D eigenvalue weighted by molar-refractivity contribution is 0.0878. The number of ether oxygens (including phenoxy) is 1. The van der Waals surface area contributed by atoms with Crippen molar-refractivity contribution in [2.24, 2.45) is 0 Å². The first kappa shape index (κ1) is 13.1. The summed E-state index contributed by atoms with van der Waals surface area (Å²) in [4.78, 5) is 11.6. The molecule has 0 aliphatic carbocycles. The summed E-state index contributed by atoms with van der Waals surface area (Å²) < 4.78 is 18.1. The number of carbonyl (C=O) groups is 1. The molecule has 0 aliphatic rings. The molecule has 4 heteroatoms. The third kappa shape index (κ3) is 3.91. The minimum absolute atomic E-state index is 0.194. The zero-order valence-electron chi connectivity index (χ0n) is 9.13. The van der Waals surface area contributed by atoms with Gasteiger partial charge in [0.05, 0.1) is 11.6 Å². The van der Waals surface area contributed by atoms with Crippen molar-refractivity contribution in [3.05, 3.63) is 34.6 Å². The van der Waals surface area contributed by atoms with Crippen LogP contribution in [-0.4, -0.2) is 19.0 Å². The summed E-state index contributed by atoms with van der Waals surface area (Å²) in [5.41, 5.74) is 0.224. The van der Waals surface area contributed by atoms with Crippen molar-refractivity contribution in [3.63, 3.8) is 0 Å². The minimum atomic E-state index is -0.456.